The molecular weight excluding hydrogens is 274 g/mol. The minimum absolute atomic E-state index is 0.178. The molecule has 0 aliphatic carbocycles. The van der Waals surface area contributed by atoms with E-state index in [1.807, 2.05) is 20.8 Å². The van der Waals surface area contributed by atoms with E-state index in [-0.39, 0.29) is 11.4 Å². The van der Waals surface area contributed by atoms with Gasteiger partial charge in [0.25, 0.3) is 5.91 Å². The number of carbonyl (C=O) groups is 1. The number of nitrogens with zero attached hydrogens (tertiary/aromatic N) is 3. The average molecular weight is 290 g/mol. The molecule has 1 aromatic rings. The Balaban J connectivity index is 3.10. The van der Waals surface area contributed by atoms with Gasteiger partial charge in [-0.2, -0.15) is 5.10 Å². The summed E-state index contributed by atoms with van der Waals surface area (Å²) in [6, 6.07) is 0. The fraction of sp³-hybridized carbons (Fsp3) is 0.600. The van der Waals surface area contributed by atoms with Gasteiger partial charge in [0.05, 0.1) is 24.4 Å². The van der Waals surface area contributed by atoms with Crippen LogP contribution in [0.5, 0.6) is 0 Å². The van der Waals surface area contributed by atoms with Crippen LogP contribution in [0.3, 0.4) is 0 Å². The molecule has 0 aromatic carbocycles. The van der Waals surface area contributed by atoms with Crippen molar-refractivity contribution in [3.8, 4) is 0 Å². The molecule has 0 atom stereocenters. The SMILES string of the molecule is CON(C)C(=O)c1cnn(C(C)(C)C)c1Br. The molecule has 5 nitrogen and oxygen atoms in total. The number of hydroxylamine groups is 2. The summed E-state index contributed by atoms with van der Waals surface area (Å²) < 4.78 is 2.41. The molecule has 1 aromatic heterocycles. The molecule has 0 saturated carbocycles. The molecule has 0 N–H and O–H groups in total. The van der Waals surface area contributed by atoms with Crippen LogP contribution in [-0.2, 0) is 10.4 Å². The van der Waals surface area contributed by atoms with Crippen molar-refractivity contribution in [1.29, 1.82) is 0 Å². The standard InChI is InChI=1S/C10H16BrN3O2/c1-10(2,3)14-8(11)7(6-12-14)9(15)13(4)16-5/h6H,1-5H3. The Hall–Kier alpha value is -0.880. The van der Waals surface area contributed by atoms with Gasteiger partial charge in [0, 0.05) is 7.05 Å². The van der Waals surface area contributed by atoms with Gasteiger partial charge in [-0.3, -0.25) is 14.3 Å². The van der Waals surface area contributed by atoms with Crippen LogP contribution < -0.4 is 0 Å². The Bertz CT molecular complexity index is 395. The van der Waals surface area contributed by atoms with Crippen LogP contribution in [0.4, 0.5) is 0 Å². The lowest BCUT2D eigenvalue weighted by atomic mass is 10.1. The lowest BCUT2D eigenvalue weighted by Crippen LogP contribution is -2.26. The maximum Gasteiger partial charge on any atom is 0.281 e. The summed E-state index contributed by atoms with van der Waals surface area (Å²) in [5.41, 5.74) is 0.308. The zero-order chi connectivity index (χ0) is 12.5. The van der Waals surface area contributed by atoms with E-state index in [1.54, 1.807) is 11.7 Å². The number of halogens is 1. The molecule has 0 unspecified atom stereocenters. The van der Waals surface area contributed by atoms with Gasteiger partial charge in [0.1, 0.15) is 4.60 Å². The Labute approximate surface area is 103 Å². The third-order valence-electron chi connectivity index (χ3n) is 2.14. The third kappa shape index (κ3) is 2.44. The van der Waals surface area contributed by atoms with E-state index in [0.717, 1.165) is 5.06 Å². The third-order valence-corrected chi connectivity index (χ3v) is 2.90. The summed E-state index contributed by atoms with van der Waals surface area (Å²) in [5, 5.41) is 5.35. The van der Waals surface area contributed by atoms with E-state index in [1.165, 1.54) is 13.3 Å². The Morgan fingerprint density at radius 3 is 2.50 bits per heavy atom. The smallest absolute Gasteiger partial charge is 0.274 e. The second-order valence-electron chi connectivity index (χ2n) is 4.42. The van der Waals surface area contributed by atoms with Crippen molar-refractivity contribution in [2.45, 2.75) is 26.3 Å². The minimum Gasteiger partial charge on any atom is -0.274 e. The largest absolute Gasteiger partial charge is 0.281 e. The Morgan fingerprint density at radius 2 is 2.12 bits per heavy atom. The molecule has 0 aliphatic heterocycles. The van der Waals surface area contributed by atoms with Crippen LogP contribution in [0.1, 0.15) is 31.1 Å². The van der Waals surface area contributed by atoms with Gasteiger partial charge in [-0.05, 0) is 36.7 Å². The van der Waals surface area contributed by atoms with Crippen LogP contribution in [0.15, 0.2) is 10.8 Å². The lowest BCUT2D eigenvalue weighted by Gasteiger charge is -2.20. The van der Waals surface area contributed by atoms with E-state index in [0.29, 0.717) is 10.2 Å². The first-order chi connectivity index (χ1) is 7.29. The van der Waals surface area contributed by atoms with Crippen LogP contribution in [0.2, 0.25) is 0 Å². The van der Waals surface area contributed by atoms with Crippen LogP contribution >= 0.6 is 15.9 Å². The van der Waals surface area contributed by atoms with E-state index in [9.17, 15) is 4.79 Å². The quantitative estimate of drug-likeness (QED) is 0.783. The van der Waals surface area contributed by atoms with Crippen LogP contribution in [0.25, 0.3) is 0 Å². The van der Waals surface area contributed by atoms with Crippen molar-refractivity contribution in [2.24, 2.45) is 0 Å². The zero-order valence-corrected chi connectivity index (χ0v) is 11.7. The molecule has 6 heteroatoms. The van der Waals surface area contributed by atoms with Crippen molar-refractivity contribution in [3.05, 3.63) is 16.4 Å². The molecule has 1 amide bonds. The minimum atomic E-state index is -0.232. The monoisotopic (exact) mass is 289 g/mol. The molecule has 1 heterocycles. The first-order valence-electron chi connectivity index (χ1n) is 4.85. The molecule has 0 radical (unpaired) electrons. The molecule has 90 valence electrons. The Kier molecular flexibility index (Phi) is 3.75. The number of carbonyl (C=O) groups excluding carboxylic acids is 1. The lowest BCUT2D eigenvalue weighted by molar-refractivity contribution is -0.0757. The van der Waals surface area contributed by atoms with Crippen LogP contribution in [0, 0.1) is 0 Å². The van der Waals surface area contributed by atoms with Gasteiger partial charge >= 0.3 is 0 Å². The number of aromatic nitrogens is 2. The highest BCUT2D eigenvalue weighted by atomic mass is 79.9. The maximum atomic E-state index is 11.9. The predicted molar refractivity (Wildman–Crippen MR) is 64.0 cm³/mol. The molecule has 0 saturated heterocycles. The van der Waals surface area contributed by atoms with Gasteiger partial charge in [-0.25, -0.2) is 5.06 Å². The fourth-order valence-corrected chi connectivity index (χ4v) is 2.09. The van der Waals surface area contributed by atoms with Crippen molar-refractivity contribution in [1.82, 2.24) is 14.8 Å². The summed E-state index contributed by atoms with van der Waals surface area (Å²) in [6.45, 7) is 6.04. The first-order valence-corrected chi connectivity index (χ1v) is 5.64. The summed E-state index contributed by atoms with van der Waals surface area (Å²) in [4.78, 5) is 16.7. The first kappa shape index (κ1) is 13.2. The van der Waals surface area contributed by atoms with E-state index in [2.05, 4.69) is 21.0 Å². The van der Waals surface area contributed by atoms with Crippen molar-refractivity contribution in [3.63, 3.8) is 0 Å². The van der Waals surface area contributed by atoms with Gasteiger partial charge in [0.15, 0.2) is 0 Å². The fourth-order valence-electron chi connectivity index (χ4n) is 1.20. The predicted octanol–water partition coefficient (Wildman–Crippen LogP) is 2.03. The number of hydrogen-bond donors (Lipinski definition) is 0. The summed E-state index contributed by atoms with van der Waals surface area (Å²) in [7, 11) is 3.00. The average Bonchev–Trinajstić information content (AvgIpc) is 2.57. The summed E-state index contributed by atoms with van der Waals surface area (Å²) in [5.74, 6) is -0.232. The number of hydrogen-bond acceptors (Lipinski definition) is 3. The van der Waals surface area contributed by atoms with Gasteiger partial charge in [0.2, 0.25) is 0 Å². The molecule has 16 heavy (non-hydrogen) atoms. The molecule has 1 rings (SSSR count). The summed E-state index contributed by atoms with van der Waals surface area (Å²) >= 11 is 3.38. The van der Waals surface area contributed by atoms with Crippen molar-refractivity contribution < 1.29 is 9.63 Å². The normalized spacial score (nSPS) is 11.6. The topological polar surface area (TPSA) is 47.4 Å². The molecule has 0 bridgehead atoms. The van der Waals surface area contributed by atoms with E-state index < -0.39 is 0 Å². The van der Waals surface area contributed by atoms with Crippen molar-refractivity contribution in [2.75, 3.05) is 14.2 Å². The second kappa shape index (κ2) is 4.55. The number of amides is 1. The molecule has 0 fully saturated rings. The molecular formula is C10H16BrN3O2. The van der Waals surface area contributed by atoms with Gasteiger partial charge in [-0.1, -0.05) is 0 Å². The van der Waals surface area contributed by atoms with Gasteiger partial charge in [-0.15, -0.1) is 0 Å². The summed E-state index contributed by atoms with van der Waals surface area (Å²) in [6.07, 6.45) is 1.53. The highest BCUT2D eigenvalue weighted by Crippen LogP contribution is 2.24. The second-order valence-corrected chi connectivity index (χ2v) is 5.17. The maximum absolute atomic E-state index is 11.9. The van der Waals surface area contributed by atoms with E-state index >= 15 is 0 Å². The zero-order valence-electron chi connectivity index (χ0n) is 10.1. The highest BCUT2D eigenvalue weighted by Gasteiger charge is 2.24. The van der Waals surface area contributed by atoms with Gasteiger partial charge < -0.3 is 0 Å². The van der Waals surface area contributed by atoms with Crippen molar-refractivity contribution >= 4 is 21.8 Å². The molecule has 0 spiro atoms. The van der Waals surface area contributed by atoms with E-state index in [4.69, 9.17) is 4.84 Å². The Morgan fingerprint density at radius 1 is 1.56 bits per heavy atom. The highest BCUT2D eigenvalue weighted by molar-refractivity contribution is 9.10. The molecule has 0 aliphatic rings. The number of rotatable bonds is 2. The van der Waals surface area contributed by atoms with Crippen LogP contribution in [-0.4, -0.2) is 34.9 Å².